The third kappa shape index (κ3) is 6.28. The van der Waals surface area contributed by atoms with Crippen LogP contribution in [0.4, 0.5) is 5.69 Å². The molecule has 0 fully saturated rings. The Morgan fingerprint density at radius 2 is 1.87 bits per heavy atom. The Labute approximate surface area is 137 Å². The zero-order chi connectivity index (χ0) is 17.7. The minimum absolute atomic E-state index is 0.00824. The first-order valence-electron chi connectivity index (χ1n) is 7.13. The molecule has 23 heavy (non-hydrogen) atoms. The molecule has 0 heterocycles. The highest BCUT2D eigenvalue weighted by molar-refractivity contribution is 7.92. The predicted octanol–water partition coefficient (Wildman–Crippen LogP) is 0.985. The number of rotatable bonds is 9. The Bertz CT molecular complexity index is 757. The molecule has 0 aromatic heterocycles. The van der Waals surface area contributed by atoms with Gasteiger partial charge in [-0.25, -0.2) is 21.6 Å². The molecule has 0 aliphatic heterocycles. The fourth-order valence-corrected chi connectivity index (χ4v) is 4.01. The second kappa shape index (κ2) is 7.89. The monoisotopic (exact) mass is 362 g/mol. The summed E-state index contributed by atoms with van der Waals surface area (Å²) >= 11 is 0. The summed E-state index contributed by atoms with van der Waals surface area (Å²) in [6, 6.07) is 6.22. The van der Waals surface area contributed by atoms with Crippen molar-refractivity contribution in [1.29, 1.82) is 0 Å². The smallest absolute Gasteiger partial charge is 0.232 e. The van der Waals surface area contributed by atoms with Crippen molar-refractivity contribution in [2.24, 2.45) is 0 Å². The van der Waals surface area contributed by atoms with E-state index in [1.54, 1.807) is 25.1 Å². The van der Waals surface area contributed by atoms with Crippen molar-refractivity contribution in [2.45, 2.75) is 20.3 Å². The second-order valence-corrected chi connectivity index (χ2v) is 8.99. The zero-order valence-corrected chi connectivity index (χ0v) is 15.1. The molecule has 0 saturated carbocycles. The first kappa shape index (κ1) is 19.6. The molecule has 0 aliphatic carbocycles. The van der Waals surface area contributed by atoms with E-state index in [4.69, 9.17) is 0 Å². The normalized spacial score (nSPS) is 12.1. The van der Waals surface area contributed by atoms with Crippen LogP contribution in [-0.4, -0.2) is 47.7 Å². The molecule has 9 heteroatoms. The Balaban J connectivity index is 2.95. The molecule has 0 atom stereocenters. The number of hydrogen-bond acceptors (Lipinski definition) is 5. The number of benzene rings is 1. The Morgan fingerprint density at radius 1 is 1.22 bits per heavy atom. The first-order valence-corrected chi connectivity index (χ1v) is 10.6. The van der Waals surface area contributed by atoms with Crippen LogP contribution in [-0.2, 0) is 20.0 Å². The van der Waals surface area contributed by atoms with Gasteiger partial charge in [0.1, 0.15) is 0 Å². The van der Waals surface area contributed by atoms with Crippen LogP contribution < -0.4 is 9.03 Å². The molecule has 1 aromatic carbocycles. The summed E-state index contributed by atoms with van der Waals surface area (Å²) < 4.78 is 50.6. The molecule has 1 aromatic rings. The van der Waals surface area contributed by atoms with Crippen molar-refractivity contribution < 1.29 is 21.6 Å². The first-order chi connectivity index (χ1) is 10.6. The van der Waals surface area contributed by atoms with E-state index < -0.39 is 20.0 Å². The fourth-order valence-electron chi connectivity index (χ4n) is 2.01. The number of anilines is 1. The second-order valence-electron chi connectivity index (χ2n) is 5.15. The van der Waals surface area contributed by atoms with Crippen molar-refractivity contribution in [3.8, 4) is 0 Å². The van der Waals surface area contributed by atoms with E-state index in [-0.39, 0.29) is 24.6 Å². The molecular weight excluding hydrogens is 340 g/mol. The molecule has 0 saturated heterocycles. The van der Waals surface area contributed by atoms with Crippen LogP contribution >= 0.6 is 0 Å². The van der Waals surface area contributed by atoms with Crippen molar-refractivity contribution in [1.82, 2.24) is 4.72 Å². The van der Waals surface area contributed by atoms with Gasteiger partial charge in [-0.1, -0.05) is 19.1 Å². The van der Waals surface area contributed by atoms with Gasteiger partial charge in [-0.2, -0.15) is 0 Å². The Morgan fingerprint density at radius 3 is 2.39 bits per heavy atom. The van der Waals surface area contributed by atoms with Crippen LogP contribution in [0.3, 0.4) is 0 Å². The van der Waals surface area contributed by atoms with Gasteiger partial charge in [0.05, 0.1) is 17.7 Å². The van der Waals surface area contributed by atoms with Crippen molar-refractivity contribution in [3.63, 3.8) is 0 Å². The third-order valence-corrected chi connectivity index (χ3v) is 5.83. The quantitative estimate of drug-likeness (QED) is 0.660. The summed E-state index contributed by atoms with van der Waals surface area (Å²) in [5, 5.41) is 0. The fraction of sp³-hybridized carbons (Fsp3) is 0.500. The Hall–Kier alpha value is -1.45. The molecule has 0 amide bonds. The number of nitrogens with zero attached hydrogens (tertiary/aromatic N) is 1. The van der Waals surface area contributed by atoms with Crippen LogP contribution in [0.5, 0.6) is 0 Å². The van der Waals surface area contributed by atoms with Crippen LogP contribution in [0.15, 0.2) is 24.3 Å². The van der Waals surface area contributed by atoms with E-state index >= 15 is 0 Å². The van der Waals surface area contributed by atoms with E-state index in [1.807, 2.05) is 0 Å². The highest BCUT2D eigenvalue weighted by Gasteiger charge is 2.19. The predicted molar refractivity (Wildman–Crippen MR) is 90.7 cm³/mol. The van der Waals surface area contributed by atoms with Crippen LogP contribution in [0.2, 0.25) is 0 Å². The number of ketones is 1. The van der Waals surface area contributed by atoms with Crippen LogP contribution in [0, 0.1) is 0 Å². The summed E-state index contributed by atoms with van der Waals surface area (Å²) in [4.78, 5) is 11.4. The van der Waals surface area contributed by atoms with Gasteiger partial charge < -0.3 is 0 Å². The van der Waals surface area contributed by atoms with Gasteiger partial charge in [0, 0.05) is 18.7 Å². The molecule has 7 nitrogen and oxygen atoms in total. The van der Waals surface area contributed by atoms with Gasteiger partial charge in [0.15, 0.2) is 5.78 Å². The number of carbonyl (C=O) groups is 1. The molecule has 0 bridgehead atoms. The van der Waals surface area contributed by atoms with E-state index in [2.05, 4.69) is 4.72 Å². The molecule has 0 aliphatic rings. The highest BCUT2D eigenvalue weighted by Crippen LogP contribution is 2.19. The molecule has 1 rings (SSSR count). The van der Waals surface area contributed by atoms with E-state index in [9.17, 15) is 21.6 Å². The Kier molecular flexibility index (Phi) is 6.72. The van der Waals surface area contributed by atoms with Crippen molar-refractivity contribution >= 4 is 31.5 Å². The summed E-state index contributed by atoms with van der Waals surface area (Å²) in [5.74, 6) is -0.185. The standard InChI is InChI=1S/C14H22N2O5S2/c1-4-10-23(20,21)15-8-9-16(22(3,18)19)14-7-5-6-13(11-14)12(2)17/h5-7,11,15H,4,8-10H2,1-3H3. The minimum atomic E-state index is -3.60. The lowest BCUT2D eigenvalue weighted by atomic mass is 10.1. The van der Waals surface area contributed by atoms with Crippen molar-refractivity contribution in [3.05, 3.63) is 29.8 Å². The number of Topliss-reactive ketones (excluding diaryl/α,β-unsaturated/α-hetero) is 1. The molecule has 0 radical (unpaired) electrons. The van der Waals surface area contributed by atoms with Gasteiger partial charge in [0.2, 0.25) is 20.0 Å². The maximum absolute atomic E-state index is 12.0. The van der Waals surface area contributed by atoms with Crippen molar-refractivity contribution in [2.75, 3.05) is 29.4 Å². The van der Waals surface area contributed by atoms with E-state index in [0.29, 0.717) is 17.7 Å². The van der Waals surface area contributed by atoms with Gasteiger partial charge in [-0.3, -0.25) is 9.10 Å². The molecule has 1 N–H and O–H groups in total. The maximum atomic E-state index is 12.0. The van der Waals surface area contributed by atoms with Crippen LogP contribution in [0.1, 0.15) is 30.6 Å². The molecule has 0 unspecified atom stereocenters. The number of nitrogens with one attached hydrogen (secondary N) is 1. The summed E-state index contributed by atoms with van der Waals surface area (Å²) in [6.07, 6.45) is 1.51. The lowest BCUT2D eigenvalue weighted by molar-refractivity contribution is 0.101. The number of sulfonamides is 2. The molecule has 130 valence electrons. The maximum Gasteiger partial charge on any atom is 0.232 e. The third-order valence-electron chi connectivity index (χ3n) is 3.05. The van der Waals surface area contributed by atoms with Gasteiger partial charge in [-0.15, -0.1) is 0 Å². The van der Waals surface area contributed by atoms with E-state index in [1.165, 1.54) is 13.0 Å². The highest BCUT2D eigenvalue weighted by atomic mass is 32.2. The minimum Gasteiger partial charge on any atom is -0.295 e. The summed E-state index contributed by atoms with van der Waals surface area (Å²) in [5.41, 5.74) is 0.720. The van der Waals surface area contributed by atoms with Crippen LogP contribution in [0.25, 0.3) is 0 Å². The van der Waals surface area contributed by atoms with E-state index in [0.717, 1.165) is 10.6 Å². The lowest BCUT2D eigenvalue weighted by Crippen LogP contribution is -2.38. The number of hydrogen-bond donors (Lipinski definition) is 1. The zero-order valence-electron chi connectivity index (χ0n) is 13.4. The molecular formula is C14H22N2O5S2. The van der Waals surface area contributed by atoms with Gasteiger partial charge in [-0.05, 0) is 25.5 Å². The van der Waals surface area contributed by atoms with Gasteiger partial charge >= 0.3 is 0 Å². The topological polar surface area (TPSA) is 101 Å². The number of carbonyl (C=O) groups excluding carboxylic acids is 1. The molecule has 0 spiro atoms. The SMILES string of the molecule is CCCS(=O)(=O)NCCN(c1cccc(C(C)=O)c1)S(C)(=O)=O. The lowest BCUT2D eigenvalue weighted by Gasteiger charge is -2.23. The van der Waals surface area contributed by atoms with Gasteiger partial charge in [0.25, 0.3) is 0 Å². The summed E-state index contributed by atoms with van der Waals surface area (Å²) in [7, 11) is -7.01. The summed E-state index contributed by atoms with van der Waals surface area (Å²) in [6.45, 7) is 3.04. The average molecular weight is 362 g/mol. The average Bonchev–Trinajstić information content (AvgIpc) is 2.42. The largest absolute Gasteiger partial charge is 0.295 e.